The number of aromatic nitrogens is 4. The molecular formula is C13H16N6O. The predicted molar refractivity (Wildman–Crippen MR) is 73.8 cm³/mol. The number of amides is 1. The molecule has 0 radical (unpaired) electrons. The molecule has 7 nitrogen and oxygen atoms in total. The number of hydrogen-bond acceptors (Lipinski definition) is 5. The lowest BCUT2D eigenvalue weighted by atomic mass is 9.97. The van der Waals surface area contributed by atoms with Crippen molar-refractivity contribution in [2.75, 3.05) is 18.4 Å². The van der Waals surface area contributed by atoms with Crippen LogP contribution in [0.3, 0.4) is 0 Å². The number of piperidine rings is 1. The summed E-state index contributed by atoms with van der Waals surface area (Å²) in [5, 5.41) is 20.0. The summed E-state index contributed by atoms with van der Waals surface area (Å²) >= 11 is 0. The number of carbonyl (C=O) groups excluding carboxylic acids is 1. The number of nitrogens with one attached hydrogen (secondary N) is 3. The Morgan fingerprint density at radius 1 is 1.30 bits per heavy atom. The smallest absolute Gasteiger partial charge is 0.227 e. The fourth-order valence-corrected chi connectivity index (χ4v) is 2.35. The van der Waals surface area contributed by atoms with Crippen molar-refractivity contribution in [2.24, 2.45) is 5.92 Å². The van der Waals surface area contributed by atoms with E-state index in [0.717, 1.165) is 37.2 Å². The van der Waals surface area contributed by atoms with E-state index in [0.29, 0.717) is 5.82 Å². The minimum atomic E-state index is 0.0803. The molecule has 3 rings (SSSR count). The normalized spacial score (nSPS) is 16.0. The van der Waals surface area contributed by atoms with Gasteiger partial charge in [0.15, 0.2) is 0 Å². The largest absolute Gasteiger partial charge is 0.326 e. The van der Waals surface area contributed by atoms with Gasteiger partial charge in [-0.3, -0.25) is 4.79 Å². The van der Waals surface area contributed by atoms with Crippen LogP contribution >= 0.6 is 0 Å². The van der Waals surface area contributed by atoms with Crippen LogP contribution in [0.2, 0.25) is 0 Å². The lowest BCUT2D eigenvalue weighted by molar-refractivity contribution is -0.120. The standard InChI is InChI=1S/C13H16N6O/c20-13(9-4-6-14-7-5-9)15-11-3-1-2-10(8-11)12-16-18-19-17-12/h1-3,8-9,14H,4-7H2,(H,15,20)(H,16,17,18,19). The summed E-state index contributed by atoms with van der Waals surface area (Å²) < 4.78 is 0. The molecular weight excluding hydrogens is 256 g/mol. The molecule has 0 unspecified atom stereocenters. The highest BCUT2D eigenvalue weighted by Gasteiger charge is 2.20. The second-order valence-electron chi connectivity index (χ2n) is 4.83. The summed E-state index contributed by atoms with van der Waals surface area (Å²) in [7, 11) is 0. The van der Waals surface area contributed by atoms with Crippen LogP contribution in [0.1, 0.15) is 12.8 Å². The molecule has 1 aliphatic rings. The van der Waals surface area contributed by atoms with E-state index in [1.54, 1.807) is 0 Å². The Bertz CT molecular complexity index is 576. The van der Waals surface area contributed by atoms with Crippen molar-refractivity contribution in [3.05, 3.63) is 24.3 Å². The van der Waals surface area contributed by atoms with E-state index >= 15 is 0 Å². The van der Waals surface area contributed by atoms with Gasteiger partial charge in [-0.1, -0.05) is 12.1 Å². The topological polar surface area (TPSA) is 95.6 Å². The van der Waals surface area contributed by atoms with E-state index in [4.69, 9.17) is 0 Å². The summed E-state index contributed by atoms with van der Waals surface area (Å²) in [5.41, 5.74) is 1.58. The third-order valence-electron chi connectivity index (χ3n) is 3.44. The summed E-state index contributed by atoms with van der Waals surface area (Å²) in [6.45, 7) is 1.81. The van der Waals surface area contributed by atoms with E-state index < -0.39 is 0 Å². The number of hydrogen-bond donors (Lipinski definition) is 3. The zero-order valence-electron chi connectivity index (χ0n) is 11.0. The van der Waals surface area contributed by atoms with Gasteiger partial charge in [-0.05, 0) is 43.3 Å². The second kappa shape index (κ2) is 5.79. The SMILES string of the molecule is O=C(Nc1cccc(-c2nn[nH]n2)c1)C1CCNCC1. The zero-order chi connectivity index (χ0) is 13.8. The molecule has 7 heteroatoms. The van der Waals surface area contributed by atoms with Crippen molar-refractivity contribution >= 4 is 11.6 Å². The Hall–Kier alpha value is -2.28. The molecule has 0 atom stereocenters. The summed E-state index contributed by atoms with van der Waals surface area (Å²) in [6.07, 6.45) is 1.77. The molecule has 1 aromatic carbocycles. The maximum atomic E-state index is 12.2. The first kappa shape index (κ1) is 12.7. The van der Waals surface area contributed by atoms with Crippen LogP contribution in [-0.4, -0.2) is 39.6 Å². The van der Waals surface area contributed by atoms with Crippen molar-refractivity contribution in [2.45, 2.75) is 12.8 Å². The highest BCUT2D eigenvalue weighted by Crippen LogP contribution is 2.20. The molecule has 0 saturated carbocycles. The Morgan fingerprint density at radius 3 is 2.90 bits per heavy atom. The van der Waals surface area contributed by atoms with Gasteiger partial charge in [-0.15, -0.1) is 10.2 Å². The summed E-state index contributed by atoms with van der Waals surface area (Å²) in [5.74, 6) is 0.685. The highest BCUT2D eigenvalue weighted by atomic mass is 16.1. The van der Waals surface area contributed by atoms with Crippen molar-refractivity contribution in [1.29, 1.82) is 0 Å². The van der Waals surface area contributed by atoms with Gasteiger partial charge >= 0.3 is 0 Å². The number of nitrogens with zero attached hydrogens (tertiary/aromatic N) is 3. The molecule has 3 N–H and O–H groups in total. The monoisotopic (exact) mass is 272 g/mol. The van der Waals surface area contributed by atoms with E-state index in [1.807, 2.05) is 24.3 Å². The first-order chi connectivity index (χ1) is 9.83. The zero-order valence-corrected chi connectivity index (χ0v) is 11.0. The molecule has 0 aliphatic carbocycles. The molecule has 1 saturated heterocycles. The van der Waals surface area contributed by atoms with Crippen LogP contribution in [0.4, 0.5) is 5.69 Å². The number of carbonyl (C=O) groups is 1. The molecule has 104 valence electrons. The Balaban J connectivity index is 1.71. The highest BCUT2D eigenvalue weighted by molar-refractivity contribution is 5.93. The summed E-state index contributed by atoms with van der Waals surface area (Å²) in [4.78, 5) is 12.2. The van der Waals surface area contributed by atoms with E-state index in [9.17, 15) is 4.79 Å². The van der Waals surface area contributed by atoms with Gasteiger partial charge in [0, 0.05) is 17.2 Å². The minimum absolute atomic E-state index is 0.0803. The number of anilines is 1. The quantitative estimate of drug-likeness (QED) is 0.768. The third-order valence-corrected chi connectivity index (χ3v) is 3.44. The third kappa shape index (κ3) is 2.83. The second-order valence-corrected chi connectivity index (χ2v) is 4.83. The Morgan fingerprint density at radius 2 is 2.15 bits per heavy atom. The molecule has 1 fully saturated rings. The van der Waals surface area contributed by atoms with Gasteiger partial charge in [-0.2, -0.15) is 5.21 Å². The lowest BCUT2D eigenvalue weighted by Crippen LogP contribution is -2.34. The average Bonchev–Trinajstić information content (AvgIpc) is 3.03. The fourth-order valence-electron chi connectivity index (χ4n) is 2.35. The summed E-state index contributed by atoms with van der Waals surface area (Å²) in [6, 6.07) is 7.46. The maximum absolute atomic E-state index is 12.2. The average molecular weight is 272 g/mol. The van der Waals surface area contributed by atoms with Gasteiger partial charge in [0.1, 0.15) is 0 Å². The maximum Gasteiger partial charge on any atom is 0.227 e. The van der Waals surface area contributed by atoms with Crippen LogP contribution in [0, 0.1) is 5.92 Å². The predicted octanol–water partition coefficient (Wildman–Crippen LogP) is 0.805. The van der Waals surface area contributed by atoms with E-state index in [-0.39, 0.29) is 11.8 Å². The lowest BCUT2D eigenvalue weighted by Gasteiger charge is -2.21. The Kier molecular flexibility index (Phi) is 3.69. The number of tetrazole rings is 1. The molecule has 2 aromatic rings. The van der Waals surface area contributed by atoms with Crippen LogP contribution in [0.5, 0.6) is 0 Å². The molecule has 20 heavy (non-hydrogen) atoms. The van der Waals surface area contributed by atoms with E-state index in [1.165, 1.54) is 0 Å². The van der Waals surface area contributed by atoms with Crippen LogP contribution in [0.15, 0.2) is 24.3 Å². The molecule has 0 bridgehead atoms. The number of benzene rings is 1. The molecule has 1 amide bonds. The number of aromatic amines is 1. The van der Waals surface area contributed by atoms with Gasteiger partial charge < -0.3 is 10.6 Å². The number of H-pyrrole nitrogens is 1. The van der Waals surface area contributed by atoms with Crippen LogP contribution < -0.4 is 10.6 Å². The molecule has 1 aromatic heterocycles. The minimum Gasteiger partial charge on any atom is -0.326 e. The Labute approximate surface area is 116 Å². The van der Waals surface area contributed by atoms with Gasteiger partial charge in [-0.25, -0.2) is 0 Å². The molecule has 0 spiro atoms. The van der Waals surface area contributed by atoms with Crippen molar-refractivity contribution in [1.82, 2.24) is 25.9 Å². The van der Waals surface area contributed by atoms with Crippen LogP contribution in [-0.2, 0) is 4.79 Å². The van der Waals surface area contributed by atoms with Crippen molar-refractivity contribution in [3.63, 3.8) is 0 Å². The van der Waals surface area contributed by atoms with Gasteiger partial charge in [0.25, 0.3) is 0 Å². The first-order valence-electron chi connectivity index (χ1n) is 6.68. The number of rotatable bonds is 3. The molecule has 1 aliphatic heterocycles. The fraction of sp³-hybridized carbons (Fsp3) is 0.385. The van der Waals surface area contributed by atoms with Crippen molar-refractivity contribution in [3.8, 4) is 11.4 Å². The molecule has 2 heterocycles. The first-order valence-corrected chi connectivity index (χ1v) is 6.68. The van der Waals surface area contributed by atoms with Crippen LogP contribution in [0.25, 0.3) is 11.4 Å². The van der Waals surface area contributed by atoms with Gasteiger partial charge in [0.2, 0.25) is 11.7 Å². The van der Waals surface area contributed by atoms with Crippen molar-refractivity contribution < 1.29 is 4.79 Å². The van der Waals surface area contributed by atoms with Gasteiger partial charge in [0.05, 0.1) is 0 Å². The van der Waals surface area contributed by atoms with E-state index in [2.05, 4.69) is 31.3 Å².